The fraction of sp³-hybridized carbons (Fsp3) is 0.932. The molecule has 21 heteroatoms. The Labute approximate surface area is 471 Å². The van der Waals surface area contributed by atoms with Gasteiger partial charge in [0, 0.05) is 12.8 Å². The molecule has 5 aliphatic carbocycles. The first kappa shape index (κ1) is 63.5. The number of carbonyl (C=O) groups is 4. The van der Waals surface area contributed by atoms with Gasteiger partial charge in [0.05, 0.1) is 48.4 Å². The molecule has 8 fully saturated rings. The summed E-state index contributed by atoms with van der Waals surface area (Å²) in [5.41, 5.74) is -3.58. The molecule has 25 atom stereocenters. The number of amides is 1. The molecule has 5 saturated carbocycles. The maximum atomic E-state index is 15.7. The first-order valence-electron chi connectivity index (χ1n) is 30.1. The van der Waals surface area contributed by atoms with Crippen molar-refractivity contribution in [2.45, 2.75) is 275 Å². The molecule has 80 heavy (non-hydrogen) atoms. The zero-order valence-corrected chi connectivity index (χ0v) is 48.2. The minimum atomic E-state index is -1.94. The van der Waals surface area contributed by atoms with Crippen LogP contribution in [0.1, 0.15) is 177 Å². The van der Waals surface area contributed by atoms with Crippen molar-refractivity contribution in [1.82, 2.24) is 5.32 Å². The van der Waals surface area contributed by atoms with Crippen molar-refractivity contribution in [2.24, 2.45) is 56.2 Å². The molecule has 0 bridgehead atoms. The Hall–Kier alpha value is -2.48. The predicted octanol–water partition coefficient (Wildman–Crippen LogP) is 3.15. The summed E-state index contributed by atoms with van der Waals surface area (Å²) >= 11 is 0. The van der Waals surface area contributed by atoms with Gasteiger partial charge in [-0.15, -0.1) is 0 Å². The molecular formula is C59H97NO20. The van der Waals surface area contributed by atoms with Crippen LogP contribution in [0.25, 0.3) is 0 Å². The van der Waals surface area contributed by atoms with Crippen molar-refractivity contribution in [2.75, 3.05) is 13.2 Å². The predicted molar refractivity (Wildman–Crippen MR) is 284 cm³/mol. The Morgan fingerprint density at radius 3 is 1.91 bits per heavy atom. The van der Waals surface area contributed by atoms with E-state index in [9.17, 15) is 60.3 Å². The fourth-order valence-corrected chi connectivity index (χ4v) is 17.5. The highest BCUT2D eigenvalue weighted by atomic mass is 16.8. The van der Waals surface area contributed by atoms with E-state index in [1.807, 2.05) is 6.92 Å². The summed E-state index contributed by atoms with van der Waals surface area (Å²) in [5.74, 6) is -2.33. The Morgan fingerprint density at radius 1 is 0.625 bits per heavy atom. The lowest BCUT2D eigenvalue weighted by molar-refractivity contribution is -0.370. The number of aliphatic hydroxyl groups excluding tert-OH is 9. The molecule has 3 aliphatic heterocycles. The van der Waals surface area contributed by atoms with Gasteiger partial charge in [-0.3, -0.25) is 14.4 Å². The highest BCUT2D eigenvalue weighted by Crippen LogP contribution is 2.77. The molecule has 13 unspecified atom stereocenters. The molecule has 11 N–H and O–H groups in total. The molecule has 21 nitrogen and oxygen atoms in total. The maximum Gasteiger partial charge on any atom is 0.317 e. The number of carbonyl (C=O) groups excluding carboxylic acids is 3. The van der Waals surface area contributed by atoms with E-state index < -0.39 is 145 Å². The van der Waals surface area contributed by atoms with Crippen LogP contribution in [-0.4, -0.2) is 187 Å². The minimum absolute atomic E-state index is 0.0179. The lowest BCUT2D eigenvalue weighted by Gasteiger charge is -2.73. The number of esters is 1. The lowest BCUT2D eigenvalue weighted by atomic mass is 9.31. The van der Waals surface area contributed by atoms with E-state index in [4.69, 9.17) is 33.5 Å². The number of aldehydes is 1. The SMILES string of the molecule is CC1O[C@@H](OC2C(O)[C@@H](NC(=O)CCCCCCCCCCC(=O)O)C(CO)O[C@H]2OC(=O)[C@]23CCC(C)(C)CC2C2CCC4C5(C)CC[C@H](O)[C@](C)(C=O)[C@@H]5CC[C@]4(C)[C@]2(C)CC3O)C(O)C(O)[C@H]1O[C@@H]1OC[C@@H](O)C(O)C1O. The third kappa shape index (κ3) is 11.7. The van der Waals surface area contributed by atoms with Crippen LogP contribution in [0.5, 0.6) is 0 Å². The topological polar surface area (TPSA) is 338 Å². The van der Waals surface area contributed by atoms with Crippen LogP contribution >= 0.6 is 0 Å². The number of unbranched alkanes of at least 4 members (excludes halogenated alkanes) is 7. The van der Waals surface area contributed by atoms with Crippen LogP contribution in [0.15, 0.2) is 0 Å². The molecule has 0 aromatic rings. The Morgan fingerprint density at radius 2 is 1.26 bits per heavy atom. The van der Waals surface area contributed by atoms with Gasteiger partial charge in [0.1, 0.15) is 55.1 Å². The van der Waals surface area contributed by atoms with Gasteiger partial charge in [0.25, 0.3) is 0 Å². The first-order valence-corrected chi connectivity index (χ1v) is 30.1. The van der Waals surface area contributed by atoms with Crippen molar-refractivity contribution < 1.29 is 98.7 Å². The summed E-state index contributed by atoms with van der Waals surface area (Å²) in [6.07, 6.45) is -9.36. The van der Waals surface area contributed by atoms with Crippen molar-refractivity contribution >= 4 is 24.1 Å². The number of hydrogen-bond acceptors (Lipinski definition) is 19. The third-order valence-corrected chi connectivity index (χ3v) is 22.4. The number of carboxylic acid groups (broad SMARTS) is 1. The number of ether oxygens (including phenoxy) is 6. The molecule has 0 aromatic carbocycles. The number of aliphatic carboxylic acids is 1. The van der Waals surface area contributed by atoms with E-state index in [2.05, 4.69) is 39.9 Å². The van der Waals surface area contributed by atoms with Crippen LogP contribution in [-0.2, 0) is 47.6 Å². The van der Waals surface area contributed by atoms with Gasteiger partial charge >= 0.3 is 11.9 Å². The second-order valence-electron chi connectivity index (χ2n) is 27.5. The zero-order valence-electron chi connectivity index (χ0n) is 48.2. The van der Waals surface area contributed by atoms with Crippen LogP contribution < -0.4 is 5.32 Å². The quantitative estimate of drug-likeness (QED) is 0.0474. The lowest BCUT2D eigenvalue weighted by Crippen LogP contribution is -2.71. The van der Waals surface area contributed by atoms with E-state index in [0.29, 0.717) is 32.1 Å². The zero-order chi connectivity index (χ0) is 58.5. The fourth-order valence-electron chi connectivity index (χ4n) is 17.5. The summed E-state index contributed by atoms with van der Waals surface area (Å²) in [6, 6.07) is -1.35. The third-order valence-electron chi connectivity index (χ3n) is 22.4. The van der Waals surface area contributed by atoms with E-state index >= 15 is 4.79 Å². The normalized spacial score (nSPS) is 48.0. The molecule has 8 aliphatic rings. The summed E-state index contributed by atoms with van der Waals surface area (Å²) in [7, 11) is 0. The van der Waals surface area contributed by atoms with E-state index in [0.717, 1.165) is 76.9 Å². The van der Waals surface area contributed by atoms with Crippen LogP contribution in [0, 0.1) is 56.2 Å². The largest absolute Gasteiger partial charge is 0.481 e. The molecule has 3 saturated heterocycles. The highest BCUT2D eigenvalue weighted by Gasteiger charge is 2.74. The number of fused-ring (bicyclic) bond motifs is 7. The summed E-state index contributed by atoms with van der Waals surface area (Å²) in [5, 5.41) is 113. The van der Waals surface area contributed by atoms with Gasteiger partial charge < -0.3 is 89.6 Å². The van der Waals surface area contributed by atoms with Crippen molar-refractivity contribution in [3.8, 4) is 0 Å². The first-order chi connectivity index (χ1) is 37.6. The summed E-state index contributed by atoms with van der Waals surface area (Å²) in [6.45, 7) is 13.5. The van der Waals surface area contributed by atoms with E-state index in [1.165, 1.54) is 6.92 Å². The van der Waals surface area contributed by atoms with Crippen molar-refractivity contribution in [3.63, 3.8) is 0 Å². The van der Waals surface area contributed by atoms with E-state index in [-0.39, 0.29) is 65.6 Å². The van der Waals surface area contributed by atoms with Crippen LogP contribution in [0.2, 0.25) is 0 Å². The van der Waals surface area contributed by atoms with Crippen molar-refractivity contribution in [3.05, 3.63) is 0 Å². The number of rotatable bonds is 20. The van der Waals surface area contributed by atoms with Gasteiger partial charge in [-0.1, -0.05) is 80.1 Å². The molecular weight excluding hydrogens is 1040 g/mol. The standard InChI is InChI=1S/C59H97NO20/c1-31-48(78-50-46(72)43(69)34(63)29-75-50)45(71)47(73)51(76-31)79-49-44(70)42(60-40(66)16-14-12-10-8-9-11-13-15-17-41(67)68)35(28-61)77-52(49)80-53(74)59-25-24-54(2,3)26-33(59)32-18-19-37-55(4)22-21-38(64)56(5,30-62)36(55)20-23-57(37,6)58(32,7)27-39(59)65/h30-39,42-52,61,63-65,69-73H,8-29H2,1-7H3,(H,60,66)(H,67,68)/t31?,32?,33?,34-,35?,36-,37?,38+,39?,42+,43?,44?,45?,46?,47?,48+,49?,50+,51+,52+,55?,56-,57+,58-,59-/m1/s1. The number of carboxylic acids is 1. The maximum absolute atomic E-state index is 15.7. The smallest absolute Gasteiger partial charge is 0.317 e. The number of hydrogen-bond donors (Lipinski definition) is 11. The monoisotopic (exact) mass is 1140 g/mol. The average molecular weight is 1140 g/mol. The van der Waals surface area contributed by atoms with Crippen molar-refractivity contribution in [1.29, 1.82) is 0 Å². The summed E-state index contributed by atoms with van der Waals surface area (Å²) in [4.78, 5) is 53.0. The molecule has 8 rings (SSSR count). The summed E-state index contributed by atoms with van der Waals surface area (Å²) < 4.78 is 36.5. The van der Waals surface area contributed by atoms with Gasteiger partial charge in [-0.05, 0) is 129 Å². The molecule has 0 aromatic heterocycles. The van der Waals surface area contributed by atoms with Crippen LogP contribution in [0.3, 0.4) is 0 Å². The Balaban J connectivity index is 1.03. The van der Waals surface area contributed by atoms with Gasteiger partial charge in [0.15, 0.2) is 18.7 Å². The molecule has 0 spiro atoms. The van der Waals surface area contributed by atoms with Gasteiger partial charge in [-0.25, -0.2) is 0 Å². The number of aliphatic hydroxyl groups is 9. The number of nitrogens with one attached hydrogen (secondary N) is 1. The Kier molecular flexibility index (Phi) is 19.7. The minimum Gasteiger partial charge on any atom is -0.481 e. The molecule has 3 heterocycles. The second-order valence-corrected chi connectivity index (χ2v) is 27.5. The molecule has 458 valence electrons. The molecule has 0 radical (unpaired) electrons. The highest BCUT2D eigenvalue weighted by molar-refractivity contribution is 5.79. The van der Waals surface area contributed by atoms with Gasteiger partial charge in [-0.2, -0.15) is 0 Å². The average Bonchev–Trinajstić information content (AvgIpc) is 3.42. The second kappa shape index (κ2) is 24.9. The van der Waals surface area contributed by atoms with Crippen LogP contribution in [0.4, 0.5) is 0 Å². The Bertz CT molecular complexity index is 2150. The molecule has 1 amide bonds. The van der Waals surface area contributed by atoms with Gasteiger partial charge in [0.2, 0.25) is 12.2 Å². The van der Waals surface area contributed by atoms with E-state index in [1.54, 1.807) is 0 Å².